The minimum Gasteiger partial charge on any atom is -0.394 e. The Morgan fingerprint density at radius 1 is 0.348 bits per heavy atom. The smallest absolute Gasteiger partial charge is 0.220 e. The predicted octanol–water partition coefficient (Wildman–Crippen LogP) is 20.5. The van der Waals surface area contributed by atoms with Crippen LogP contribution in [0.3, 0.4) is 0 Å². The summed E-state index contributed by atoms with van der Waals surface area (Å²) in [6, 6.07) is -0.649. The Hall–Kier alpha value is -2.17. The molecule has 0 saturated carbocycles. The van der Waals surface area contributed by atoms with E-state index in [-0.39, 0.29) is 12.5 Å². The van der Waals surface area contributed by atoms with E-state index in [1.54, 1.807) is 6.08 Å². The summed E-state index contributed by atoms with van der Waals surface area (Å²) in [6.45, 7) is 4.31. The van der Waals surface area contributed by atoms with Crippen molar-refractivity contribution in [2.75, 3.05) is 6.61 Å². The zero-order valence-corrected chi connectivity index (χ0v) is 46.3. The van der Waals surface area contributed by atoms with Crippen molar-refractivity contribution in [3.63, 3.8) is 0 Å². The number of aliphatic hydroxyl groups is 2. The Kier molecular flexibility index (Phi) is 58.2. The van der Waals surface area contributed by atoms with Gasteiger partial charge in [-0.15, -0.1) is 0 Å². The Bertz CT molecular complexity index is 1180. The van der Waals surface area contributed by atoms with Crippen LogP contribution in [0.2, 0.25) is 0 Å². The molecule has 0 aliphatic carbocycles. The molecule has 402 valence electrons. The highest BCUT2D eigenvalue weighted by Crippen LogP contribution is 2.17. The van der Waals surface area contributed by atoms with Gasteiger partial charge in [0.2, 0.25) is 5.91 Å². The molecule has 0 aromatic heterocycles. The van der Waals surface area contributed by atoms with Crippen LogP contribution in [0.5, 0.6) is 0 Å². The van der Waals surface area contributed by atoms with E-state index < -0.39 is 12.1 Å². The highest BCUT2D eigenvalue weighted by atomic mass is 16.3. The van der Waals surface area contributed by atoms with Crippen LogP contribution < -0.4 is 5.32 Å². The molecule has 0 aliphatic rings. The zero-order valence-electron chi connectivity index (χ0n) is 46.3. The van der Waals surface area contributed by atoms with Gasteiger partial charge in [0.25, 0.3) is 0 Å². The molecule has 0 heterocycles. The van der Waals surface area contributed by atoms with Crippen LogP contribution in [0.4, 0.5) is 0 Å². The van der Waals surface area contributed by atoms with Gasteiger partial charge in [-0.2, -0.15) is 0 Å². The summed E-state index contributed by atoms with van der Waals surface area (Å²) in [6.07, 6.45) is 86.6. The lowest BCUT2D eigenvalue weighted by Gasteiger charge is -2.19. The van der Waals surface area contributed by atoms with Gasteiger partial charge in [-0.25, -0.2) is 0 Å². The van der Waals surface area contributed by atoms with E-state index in [0.29, 0.717) is 6.42 Å². The molecule has 0 fully saturated rings. The van der Waals surface area contributed by atoms with Crippen molar-refractivity contribution in [2.24, 2.45) is 0 Å². The molecule has 0 aromatic carbocycles. The number of hydrogen-bond donors (Lipinski definition) is 3. The number of amides is 1. The van der Waals surface area contributed by atoms with Crippen LogP contribution in [-0.4, -0.2) is 34.9 Å². The van der Waals surface area contributed by atoms with Crippen molar-refractivity contribution < 1.29 is 15.0 Å². The fourth-order valence-electron chi connectivity index (χ4n) is 9.22. The molecule has 4 heteroatoms. The van der Waals surface area contributed by atoms with Crippen molar-refractivity contribution in [1.82, 2.24) is 5.32 Å². The Morgan fingerprint density at radius 2 is 0.609 bits per heavy atom. The second-order valence-corrected chi connectivity index (χ2v) is 20.7. The van der Waals surface area contributed by atoms with Crippen molar-refractivity contribution in [2.45, 2.75) is 328 Å². The molecule has 2 atom stereocenters. The van der Waals surface area contributed by atoms with Crippen molar-refractivity contribution in [3.8, 4) is 0 Å². The largest absolute Gasteiger partial charge is 0.394 e. The number of carbonyl (C=O) groups excluding carboxylic acids is 1. The van der Waals surface area contributed by atoms with Crippen LogP contribution in [0.25, 0.3) is 0 Å². The molecule has 69 heavy (non-hydrogen) atoms. The van der Waals surface area contributed by atoms with Crippen molar-refractivity contribution in [1.29, 1.82) is 0 Å². The molecule has 3 N–H and O–H groups in total. The molecule has 0 radical (unpaired) electrons. The van der Waals surface area contributed by atoms with Crippen LogP contribution in [0, 0.1) is 0 Å². The maximum absolute atomic E-state index is 12.5. The second kappa shape index (κ2) is 60.1. The third-order valence-corrected chi connectivity index (χ3v) is 13.9. The van der Waals surface area contributed by atoms with Gasteiger partial charge >= 0.3 is 0 Å². The first kappa shape index (κ1) is 66.8. The molecular formula is C65H119NO3. The van der Waals surface area contributed by atoms with E-state index in [4.69, 9.17) is 0 Å². The second-order valence-electron chi connectivity index (χ2n) is 20.7. The van der Waals surface area contributed by atoms with Crippen molar-refractivity contribution >= 4 is 5.91 Å². The fourth-order valence-corrected chi connectivity index (χ4v) is 9.22. The summed E-state index contributed by atoms with van der Waals surface area (Å²) in [5.41, 5.74) is 0. The number of nitrogens with one attached hydrogen (secondary N) is 1. The Morgan fingerprint density at radius 3 is 0.942 bits per heavy atom. The maximum atomic E-state index is 12.5. The van der Waals surface area contributed by atoms with Crippen LogP contribution in [0.1, 0.15) is 316 Å². The van der Waals surface area contributed by atoms with Gasteiger partial charge in [0.1, 0.15) is 0 Å². The van der Waals surface area contributed by atoms with Crippen LogP contribution >= 0.6 is 0 Å². The quantitative estimate of drug-likeness (QED) is 0.0420. The summed E-state index contributed by atoms with van der Waals surface area (Å²) >= 11 is 0. The summed E-state index contributed by atoms with van der Waals surface area (Å²) in [5, 5.41) is 23.2. The molecule has 0 rings (SSSR count). The van der Waals surface area contributed by atoms with Gasteiger partial charge in [-0.3, -0.25) is 4.79 Å². The van der Waals surface area contributed by atoms with Gasteiger partial charge in [0.15, 0.2) is 0 Å². The van der Waals surface area contributed by atoms with Crippen LogP contribution in [0.15, 0.2) is 72.9 Å². The normalized spacial score (nSPS) is 13.3. The third-order valence-electron chi connectivity index (χ3n) is 13.9. The Labute approximate surface area is 431 Å². The number of carbonyl (C=O) groups is 1. The first-order chi connectivity index (χ1) is 34.2. The standard InChI is InChI=1S/C65H119NO3/c1-3-5-7-9-11-13-15-17-19-21-23-25-27-29-30-31-32-33-34-35-36-37-39-41-43-45-47-49-51-53-55-57-59-61-65(69)66-63(62-67)64(68)60-58-56-54-52-50-48-46-44-42-40-38-28-26-24-22-20-18-16-14-12-10-8-6-4-2/h15,17,21,23,27,29,42,44,50,52,58,60,63-64,67-68H,3-14,16,18-20,22,24-26,28,30-41,43,45-49,51,53-57,59,61-62H2,1-2H3,(H,66,69)/b17-15-,23-21-,29-27-,44-42+,52-50+,60-58+. The molecule has 2 unspecified atom stereocenters. The van der Waals surface area contributed by atoms with Crippen molar-refractivity contribution in [3.05, 3.63) is 72.9 Å². The lowest BCUT2D eigenvalue weighted by atomic mass is 10.0. The number of allylic oxidation sites excluding steroid dienone is 11. The average Bonchev–Trinajstić information content (AvgIpc) is 3.35. The van der Waals surface area contributed by atoms with Gasteiger partial charge in [-0.1, -0.05) is 299 Å². The van der Waals surface area contributed by atoms with E-state index >= 15 is 0 Å². The summed E-state index contributed by atoms with van der Waals surface area (Å²) in [4.78, 5) is 12.5. The van der Waals surface area contributed by atoms with E-state index in [1.165, 1.54) is 244 Å². The lowest BCUT2D eigenvalue weighted by Crippen LogP contribution is -2.45. The minimum absolute atomic E-state index is 0.0753. The van der Waals surface area contributed by atoms with Crippen LogP contribution in [-0.2, 0) is 4.79 Å². The molecule has 0 bridgehead atoms. The van der Waals surface area contributed by atoms with E-state index in [2.05, 4.69) is 79.9 Å². The van der Waals surface area contributed by atoms with Gasteiger partial charge in [-0.05, 0) is 83.5 Å². The first-order valence-electron chi connectivity index (χ1n) is 30.7. The topological polar surface area (TPSA) is 69.6 Å². The molecule has 4 nitrogen and oxygen atoms in total. The predicted molar refractivity (Wildman–Crippen MR) is 308 cm³/mol. The minimum atomic E-state index is -0.873. The van der Waals surface area contributed by atoms with Gasteiger partial charge in [0.05, 0.1) is 18.8 Å². The molecule has 0 spiro atoms. The average molecular weight is 963 g/mol. The molecule has 0 aromatic rings. The fraction of sp³-hybridized carbons (Fsp3) is 0.800. The SMILES string of the molecule is CCCCCCC/C=C\C/C=C\C/C=C\CCCCCCCCCCCCCCCCCCCCC(=O)NC(CO)C(O)/C=C/CC/C=C/CC/C=C/CCCCCCCCCCCCCCCC. The summed E-state index contributed by atoms with van der Waals surface area (Å²) in [5.74, 6) is -0.0753. The zero-order chi connectivity index (χ0) is 49.9. The maximum Gasteiger partial charge on any atom is 0.220 e. The number of rotatable bonds is 56. The highest BCUT2D eigenvalue weighted by Gasteiger charge is 2.18. The third kappa shape index (κ3) is 56.6. The number of unbranched alkanes of at least 4 members (excludes halogenated alkanes) is 39. The number of hydrogen-bond acceptors (Lipinski definition) is 3. The molecule has 1 amide bonds. The Balaban J connectivity index is 3.52. The summed E-state index contributed by atoms with van der Waals surface area (Å²) in [7, 11) is 0. The molecular weight excluding hydrogens is 843 g/mol. The van der Waals surface area contributed by atoms with E-state index in [0.717, 1.165) is 51.4 Å². The highest BCUT2D eigenvalue weighted by molar-refractivity contribution is 5.76. The molecule has 0 aliphatic heterocycles. The monoisotopic (exact) mass is 962 g/mol. The number of aliphatic hydroxyl groups excluding tert-OH is 2. The van der Waals surface area contributed by atoms with Gasteiger partial charge < -0.3 is 15.5 Å². The first-order valence-corrected chi connectivity index (χ1v) is 30.7. The van der Waals surface area contributed by atoms with E-state index in [9.17, 15) is 15.0 Å². The molecule has 0 saturated heterocycles. The van der Waals surface area contributed by atoms with Gasteiger partial charge in [0, 0.05) is 6.42 Å². The summed E-state index contributed by atoms with van der Waals surface area (Å²) < 4.78 is 0. The van der Waals surface area contributed by atoms with E-state index in [1.807, 2.05) is 6.08 Å². The lowest BCUT2D eigenvalue weighted by molar-refractivity contribution is -0.123.